The minimum Gasteiger partial charge on any atom is -0.497 e. The molecule has 0 aromatic heterocycles. The number of nitrogens with two attached hydrogens (primary N) is 1. The predicted molar refractivity (Wildman–Crippen MR) is 76.8 cm³/mol. The second kappa shape index (κ2) is 7.36. The topological polar surface area (TPSA) is 47.7 Å². The normalized spacial score (nSPS) is 15.3. The van der Waals surface area contributed by atoms with Crippen LogP contribution in [-0.2, 0) is 0 Å². The van der Waals surface area contributed by atoms with Crippen molar-refractivity contribution in [2.45, 2.75) is 25.3 Å². The number of benzene rings is 1. The number of hydrogen-bond donors (Lipinski definition) is 1. The molecule has 0 heterocycles. The van der Waals surface area contributed by atoms with Gasteiger partial charge in [0.1, 0.15) is 18.1 Å². The Hall–Kier alpha value is -1.26. The number of rotatable bonds is 8. The lowest BCUT2D eigenvalue weighted by molar-refractivity contribution is 0.110. The standard InChI is InChI=1S/C15H24N2O2/c1-18-14-5-7-15(8-6-14)19-12-11-17(10-9-16)13-3-2-4-13/h5-8,13H,2-4,9-12,16H2,1H3. The summed E-state index contributed by atoms with van der Waals surface area (Å²) in [6.07, 6.45) is 3.97. The van der Waals surface area contributed by atoms with Gasteiger partial charge in [0.2, 0.25) is 0 Å². The molecule has 1 aromatic carbocycles. The SMILES string of the molecule is COc1ccc(OCCN(CCN)C2CCC2)cc1. The molecule has 0 amide bonds. The molecule has 106 valence electrons. The van der Waals surface area contributed by atoms with Gasteiger partial charge in [0.25, 0.3) is 0 Å². The summed E-state index contributed by atoms with van der Waals surface area (Å²) in [6, 6.07) is 8.44. The summed E-state index contributed by atoms with van der Waals surface area (Å²) >= 11 is 0. The smallest absolute Gasteiger partial charge is 0.119 e. The molecule has 2 N–H and O–H groups in total. The van der Waals surface area contributed by atoms with Gasteiger partial charge in [-0.25, -0.2) is 0 Å². The summed E-state index contributed by atoms with van der Waals surface area (Å²) in [4.78, 5) is 2.45. The van der Waals surface area contributed by atoms with Crippen LogP contribution in [0.15, 0.2) is 24.3 Å². The molecule has 4 nitrogen and oxygen atoms in total. The van der Waals surface area contributed by atoms with E-state index in [-0.39, 0.29) is 0 Å². The van der Waals surface area contributed by atoms with Crippen LogP contribution in [0.5, 0.6) is 11.5 Å². The Morgan fingerprint density at radius 2 is 1.84 bits per heavy atom. The minimum absolute atomic E-state index is 0.711. The first-order chi connectivity index (χ1) is 9.33. The number of nitrogens with zero attached hydrogens (tertiary/aromatic N) is 1. The van der Waals surface area contributed by atoms with Crippen LogP contribution in [0.25, 0.3) is 0 Å². The monoisotopic (exact) mass is 264 g/mol. The van der Waals surface area contributed by atoms with Gasteiger partial charge in [-0.1, -0.05) is 6.42 Å². The fourth-order valence-electron chi connectivity index (χ4n) is 2.35. The number of methoxy groups -OCH3 is 1. The summed E-state index contributed by atoms with van der Waals surface area (Å²) in [7, 11) is 1.67. The summed E-state index contributed by atoms with van der Waals surface area (Å²) in [5.41, 5.74) is 5.66. The highest BCUT2D eigenvalue weighted by Gasteiger charge is 2.23. The van der Waals surface area contributed by atoms with Crippen LogP contribution in [0.1, 0.15) is 19.3 Å². The van der Waals surface area contributed by atoms with Crippen molar-refractivity contribution in [2.75, 3.05) is 33.4 Å². The van der Waals surface area contributed by atoms with Crippen molar-refractivity contribution in [3.63, 3.8) is 0 Å². The highest BCUT2D eigenvalue weighted by atomic mass is 16.5. The molecule has 1 aliphatic rings. The highest BCUT2D eigenvalue weighted by Crippen LogP contribution is 2.24. The van der Waals surface area contributed by atoms with E-state index >= 15 is 0 Å². The third kappa shape index (κ3) is 4.11. The molecule has 1 aliphatic carbocycles. The lowest BCUT2D eigenvalue weighted by Crippen LogP contribution is -2.44. The zero-order valence-electron chi connectivity index (χ0n) is 11.7. The van der Waals surface area contributed by atoms with Crippen molar-refractivity contribution >= 4 is 0 Å². The molecule has 19 heavy (non-hydrogen) atoms. The van der Waals surface area contributed by atoms with Gasteiger partial charge >= 0.3 is 0 Å². The zero-order chi connectivity index (χ0) is 13.5. The maximum absolute atomic E-state index is 5.76. The Morgan fingerprint density at radius 3 is 2.37 bits per heavy atom. The maximum atomic E-state index is 5.76. The van der Waals surface area contributed by atoms with Crippen molar-refractivity contribution in [3.05, 3.63) is 24.3 Å². The van der Waals surface area contributed by atoms with E-state index in [1.807, 2.05) is 24.3 Å². The zero-order valence-corrected chi connectivity index (χ0v) is 11.7. The molecular weight excluding hydrogens is 240 g/mol. The average molecular weight is 264 g/mol. The lowest BCUT2D eigenvalue weighted by Gasteiger charge is -2.37. The number of hydrogen-bond acceptors (Lipinski definition) is 4. The van der Waals surface area contributed by atoms with Crippen molar-refractivity contribution in [3.8, 4) is 11.5 Å². The van der Waals surface area contributed by atoms with Crippen LogP contribution in [0.4, 0.5) is 0 Å². The lowest BCUT2D eigenvalue weighted by atomic mass is 9.91. The maximum Gasteiger partial charge on any atom is 0.119 e. The Morgan fingerprint density at radius 1 is 1.16 bits per heavy atom. The van der Waals surface area contributed by atoms with Crippen LogP contribution in [-0.4, -0.2) is 44.3 Å². The molecule has 0 atom stereocenters. The molecule has 0 saturated heterocycles. The fourth-order valence-corrected chi connectivity index (χ4v) is 2.35. The summed E-state index contributed by atoms with van der Waals surface area (Å²) in [5, 5.41) is 0. The summed E-state index contributed by atoms with van der Waals surface area (Å²) in [6.45, 7) is 3.35. The van der Waals surface area contributed by atoms with E-state index < -0.39 is 0 Å². The van der Waals surface area contributed by atoms with Crippen molar-refractivity contribution in [1.29, 1.82) is 0 Å². The predicted octanol–water partition coefficient (Wildman–Crippen LogP) is 1.89. The quantitative estimate of drug-likeness (QED) is 0.779. The van der Waals surface area contributed by atoms with Crippen molar-refractivity contribution in [1.82, 2.24) is 4.90 Å². The Balaban J connectivity index is 1.74. The first-order valence-electron chi connectivity index (χ1n) is 7.04. The van der Waals surface area contributed by atoms with Gasteiger partial charge in [-0.3, -0.25) is 4.90 Å². The van der Waals surface area contributed by atoms with Gasteiger partial charge < -0.3 is 15.2 Å². The second-order valence-electron chi connectivity index (χ2n) is 4.93. The van der Waals surface area contributed by atoms with Crippen LogP contribution in [0, 0.1) is 0 Å². The Labute approximate surface area is 115 Å². The van der Waals surface area contributed by atoms with E-state index in [1.54, 1.807) is 7.11 Å². The van der Waals surface area contributed by atoms with E-state index in [0.29, 0.717) is 6.61 Å². The van der Waals surface area contributed by atoms with Gasteiger partial charge in [0, 0.05) is 25.7 Å². The Bertz CT molecular complexity index is 363. The van der Waals surface area contributed by atoms with Crippen LogP contribution >= 0.6 is 0 Å². The van der Waals surface area contributed by atoms with Gasteiger partial charge in [0.15, 0.2) is 0 Å². The minimum atomic E-state index is 0.711. The third-order valence-electron chi connectivity index (χ3n) is 3.71. The molecule has 0 aliphatic heterocycles. The Kier molecular flexibility index (Phi) is 5.48. The average Bonchev–Trinajstić information content (AvgIpc) is 2.38. The largest absolute Gasteiger partial charge is 0.497 e. The third-order valence-corrected chi connectivity index (χ3v) is 3.71. The van der Waals surface area contributed by atoms with Crippen LogP contribution in [0.3, 0.4) is 0 Å². The molecule has 0 spiro atoms. The molecule has 0 unspecified atom stereocenters. The van der Waals surface area contributed by atoms with Crippen LogP contribution < -0.4 is 15.2 Å². The molecular formula is C15H24N2O2. The summed E-state index contributed by atoms with van der Waals surface area (Å²) in [5.74, 6) is 1.74. The van der Waals surface area contributed by atoms with Crippen LogP contribution in [0.2, 0.25) is 0 Å². The van der Waals surface area contributed by atoms with E-state index in [4.69, 9.17) is 15.2 Å². The van der Waals surface area contributed by atoms with Gasteiger partial charge in [-0.15, -0.1) is 0 Å². The first-order valence-corrected chi connectivity index (χ1v) is 7.04. The molecule has 1 fully saturated rings. The molecule has 4 heteroatoms. The first kappa shape index (κ1) is 14.2. The van der Waals surface area contributed by atoms with E-state index in [0.717, 1.165) is 37.2 Å². The van der Waals surface area contributed by atoms with Gasteiger partial charge in [-0.2, -0.15) is 0 Å². The number of ether oxygens (including phenoxy) is 2. The van der Waals surface area contributed by atoms with E-state index in [1.165, 1.54) is 19.3 Å². The second-order valence-corrected chi connectivity index (χ2v) is 4.93. The molecule has 0 radical (unpaired) electrons. The van der Waals surface area contributed by atoms with E-state index in [9.17, 15) is 0 Å². The summed E-state index contributed by atoms with van der Waals surface area (Å²) < 4.78 is 10.9. The molecule has 1 saturated carbocycles. The van der Waals surface area contributed by atoms with Gasteiger partial charge in [0.05, 0.1) is 7.11 Å². The van der Waals surface area contributed by atoms with Gasteiger partial charge in [-0.05, 0) is 37.1 Å². The highest BCUT2D eigenvalue weighted by molar-refractivity contribution is 5.31. The van der Waals surface area contributed by atoms with Crippen molar-refractivity contribution < 1.29 is 9.47 Å². The molecule has 0 bridgehead atoms. The molecule has 1 aromatic rings. The fraction of sp³-hybridized carbons (Fsp3) is 0.600. The van der Waals surface area contributed by atoms with Crippen molar-refractivity contribution in [2.24, 2.45) is 5.73 Å². The van der Waals surface area contributed by atoms with E-state index in [2.05, 4.69) is 4.90 Å². The molecule has 2 rings (SSSR count).